The zero-order chi connectivity index (χ0) is 14.8. The third kappa shape index (κ3) is 3.70. The van der Waals surface area contributed by atoms with Gasteiger partial charge in [0.1, 0.15) is 0 Å². The summed E-state index contributed by atoms with van der Waals surface area (Å²) in [5, 5.41) is 0. The van der Waals surface area contributed by atoms with Crippen molar-refractivity contribution >= 4 is 17.3 Å². The summed E-state index contributed by atoms with van der Waals surface area (Å²) >= 11 is 0. The predicted molar refractivity (Wildman–Crippen MR) is 56.6 cm³/mol. The van der Waals surface area contributed by atoms with Crippen LogP contribution in [0.25, 0.3) is 0 Å². The SMILES string of the molecule is Nc1cc(N)cc(C(=O)OCC(F)(F)C(F)(F)F)c1. The molecule has 4 nitrogen and oxygen atoms in total. The molecule has 0 amide bonds. The summed E-state index contributed by atoms with van der Waals surface area (Å²) in [7, 11) is 0. The van der Waals surface area contributed by atoms with Gasteiger partial charge in [0.2, 0.25) is 0 Å². The van der Waals surface area contributed by atoms with Crippen LogP contribution in [0.3, 0.4) is 0 Å². The van der Waals surface area contributed by atoms with Gasteiger partial charge in [0, 0.05) is 11.4 Å². The fourth-order valence-electron chi connectivity index (χ4n) is 1.12. The summed E-state index contributed by atoms with van der Waals surface area (Å²) in [6, 6.07) is 3.37. The number of hydrogen-bond donors (Lipinski definition) is 2. The highest BCUT2D eigenvalue weighted by molar-refractivity contribution is 5.91. The monoisotopic (exact) mass is 284 g/mol. The molecule has 0 radical (unpaired) electrons. The first kappa shape index (κ1) is 15.0. The van der Waals surface area contributed by atoms with Crippen molar-refractivity contribution in [1.29, 1.82) is 0 Å². The molecule has 106 valence electrons. The van der Waals surface area contributed by atoms with Crippen molar-refractivity contribution in [2.75, 3.05) is 18.1 Å². The summed E-state index contributed by atoms with van der Waals surface area (Å²) < 4.78 is 64.4. The number of hydrogen-bond acceptors (Lipinski definition) is 4. The Bertz CT molecular complexity index is 467. The number of anilines is 2. The first-order valence-corrected chi connectivity index (χ1v) is 4.80. The largest absolute Gasteiger partial charge is 0.456 e. The molecule has 9 heteroatoms. The lowest BCUT2D eigenvalue weighted by atomic mass is 10.2. The Morgan fingerprint density at radius 2 is 1.53 bits per heavy atom. The summed E-state index contributed by atoms with van der Waals surface area (Å²) in [5.41, 5.74) is 10.5. The van der Waals surface area contributed by atoms with Crippen LogP contribution in [0, 0.1) is 0 Å². The van der Waals surface area contributed by atoms with Crippen molar-refractivity contribution in [2.45, 2.75) is 12.1 Å². The molecule has 0 bridgehead atoms. The number of alkyl halides is 5. The van der Waals surface area contributed by atoms with Crippen molar-refractivity contribution in [2.24, 2.45) is 0 Å². The van der Waals surface area contributed by atoms with Gasteiger partial charge in [-0.1, -0.05) is 0 Å². The fraction of sp³-hybridized carbons (Fsp3) is 0.300. The fourth-order valence-corrected chi connectivity index (χ4v) is 1.12. The standard InChI is InChI=1S/C10H9F5N2O2/c11-9(12,10(13,14)15)4-19-8(18)5-1-6(16)3-7(17)2-5/h1-3H,4,16-17H2. The minimum atomic E-state index is -5.79. The Morgan fingerprint density at radius 1 is 1.05 bits per heavy atom. The third-order valence-corrected chi connectivity index (χ3v) is 2.01. The van der Waals surface area contributed by atoms with Crippen LogP contribution in [0.1, 0.15) is 10.4 Å². The Balaban J connectivity index is 2.76. The Hall–Kier alpha value is -2.06. The van der Waals surface area contributed by atoms with E-state index in [1.54, 1.807) is 0 Å². The van der Waals surface area contributed by atoms with Crippen LogP contribution in [0.5, 0.6) is 0 Å². The lowest BCUT2D eigenvalue weighted by Crippen LogP contribution is -2.41. The van der Waals surface area contributed by atoms with Gasteiger partial charge in [-0.15, -0.1) is 0 Å². The van der Waals surface area contributed by atoms with Gasteiger partial charge in [0.15, 0.2) is 6.61 Å². The molecule has 0 saturated heterocycles. The zero-order valence-electron chi connectivity index (χ0n) is 9.30. The van der Waals surface area contributed by atoms with E-state index in [0.717, 1.165) is 12.1 Å². The number of nitrogens with two attached hydrogens (primary N) is 2. The third-order valence-electron chi connectivity index (χ3n) is 2.01. The molecule has 0 aliphatic rings. The number of rotatable bonds is 3. The zero-order valence-corrected chi connectivity index (χ0v) is 9.30. The van der Waals surface area contributed by atoms with Gasteiger partial charge in [0.05, 0.1) is 5.56 Å². The smallest absolute Gasteiger partial charge is 0.455 e. The van der Waals surface area contributed by atoms with E-state index in [9.17, 15) is 26.7 Å². The molecule has 0 aliphatic heterocycles. The molecule has 0 fully saturated rings. The minimum Gasteiger partial charge on any atom is -0.455 e. The molecule has 1 aromatic rings. The molecule has 0 aromatic heterocycles. The van der Waals surface area contributed by atoms with Gasteiger partial charge in [-0.25, -0.2) is 4.79 Å². The van der Waals surface area contributed by atoms with Crippen molar-refractivity contribution < 1.29 is 31.5 Å². The average molecular weight is 284 g/mol. The molecular weight excluding hydrogens is 275 g/mol. The second-order valence-corrected chi connectivity index (χ2v) is 3.67. The maximum Gasteiger partial charge on any atom is 0.456 e. The highest BCUT2D eigenvalue weighted by Gasteiger charge is 2.58. The predicted octanol–water partition coefficient (Wildman–Crippen LogP) is 2.21. The summed E-state index contributed by atoms with van der Waals surface area (Å²) in [5.74, 6) is -6.49. The number of carbonyl (C=O) groups is 1. The lowest BCUT2D eigenvalue weighted by Gasteiger charge is -2.19. The quantitative estimate of drug-likeness (QED) is 0.506. The average Bonchev–Trinajstić information content (AvgIpc) is 2.23. The summed E-state index contributed by atoms with van der Waals surface area (Å²) in [6.07, 6.45) is -5.79. The molecule has 0 aliphatic carbocycles. The number of halogens is 5. The molecule has 0 atom stereocenters. The van der Waals surface area contributed by atoms with Crippen molar-refractivity contribution in [3.8, 4) is 0 Å². The van der Waals surface area contributed by atoms with Crippen LogP contribution < -0.4 is 11.5 Å². The number of ether oxygens (including phenoxy) is 1. The highest BCUT2D eigenvalue weighted by atomic mass is 19.4. The number of carbonyl (C=O) groups excluding carboxylic acids is 1. The van der Waals surface area contributed by atoms with Crippen molar-refractivity contribution in [1.82, 2.24) is 0 Å². The Kier molecular flexibility index (Phi) is 3.87. The highest BCUT2D eigenvalue weighted by Crippen LogP contribution is 2.35. The van der Waals surface area contributed by atoms with E-state index in [1.807, 2.05) is 0 Å². The van der Waals surface area contributed by atoms with Crippen LogP contribution in [0.2, 0.25) is 0 Å². The molecule has 0 unspecified atom stereocenters. The number of nitrogen functional groups attached to an aromatic ring is 2. The van der Waals surface area contributed by atoms with Crippen LogP contribution in [0.15, 0.2) is 18.2 Å². The van der Waals surface area contributed by atoms with E-state index in [2.05, 4.69) is 4.74 Å². The van der Waals surface area contributed by atoms with E-state index in [-0.39, 0.29) is 16.9 Å². The maximum atomic E-state index is 12.5. The summed E-state index contributed by atoms with van der Waals surface area (Å²) in [6.45, 7) is -2.11. The summed E-state index contributed by atoms with van der Waals surface area (Å²) in [4.78, 5) is 11.3. The van der Waals surface area contributed by atoms with Gasteiger partial charge in [-0.2, -0.15) is 22.0 Å². The Labute approximate surface area is 104 Å². The number of benzene rings is 1. The minimum absolute atomic E-state index is 0.0505. The van der Waals surface area contributed by atoms with Crippen LogP contribution >= 0.6 is 0 Å². The van der Waals surface area contributed by atoms with Gasteiger partial charge in [-0.3, -0.25) is 0 Å². The normalized spacial score (nSPS) is 12.3. The molecule has 0 saturated carbocycles. The van der Waals surface area contributed by atoms with Gasteiger partial charge < -0.3 is 16.2 Å². The van der Waals surface area contributed by atoms with E-state index >= 15 is 0 Å². The topological polar surface area (TPSA) is 78.3 Å². The van der Waals surface area contributed by atoms with E-state index in [4.69, 9.17) is 11.5 Å². The van der Waals surface area contributed by atoms with Crippen molar-refractivity contribution in [3.05, 3.63) is 23.8 Å². The second-order valence-electron chi connectivity index (χ2n) is 3.67. The molecule has 0 spiro atoms. The van der Waals surface area contributed by atoms with Crippen molar-refractivity contribution in [3.63, 3.8) is 0 Å². The molecule has 1 rings (SSSR count). The van der Waals surface area contributed by atoms with Crippen LogP contribution in [-0.2, 0) is 4.74 Å². The first-order valence-electron chi connectivity index (χ1n) is 4.80. The second kappa shape index (κ2) is 4.90. The molecule has 0 heterocycles. The van der Waals surface area contributed by atoms with Gasteiger partial charge >= 0.3 is 18.1 Å². The van der Waals surface area contributed by atoms with Gasteiger partial charge in [-0.05, 0) is 18.2 Å². The Morgan fingerprint density at radius 3 is 1.95 bits per heavy atom. The molecule has 19 heavy (non-hydrogen) atoms. The van der Waals surface area contributed by atoms with Crippen LogP contribution in [0.4, 0.5) is 33.3 Å². The van der Waals surface area contributed by atoms with E-state index < -0.39 is 24.7 Å². The molecule has 1 aromatic carbocycles. The maximum absolute atomic E-state index is 12.5. The number of esters is 1. The van der Waals surface area contributed by atoms with E-state index in [0.29, 0.717) is 0 Å². The van der Waals surface area contributed by atoms with Gasteiger partial charge in [0.25, 0.3) is 0 Å². The lowest BCUT2D eigenvalue weighted by molar-refractivity contribution is -0.292. The molecule has 4 N–H and O–H groups in total. The molecular formula is C10H9F5N2O2. The van der Waals surface area contributed by atoms with E-state index in [1.165, 1.54) is 6.07 Å². The van der Waals surface area contributed by atoms with Crippen LogP contribution in [-0.4, -0.2) is 24.7 Å². The first-order chi connectivity index (χ1) is 8.53.